The second-order valence-corrected chi connectivity index (χ2v) is 9.05. The van der Waals surface area contributed by atoms with Gasteiger partial charge in [-0.25, -0.2) is 9.59 Å². The van der Waals surface area contributed by atoms with Crippen LogP contribution in [0.3, 0.4) is 0 Å². The van der Waals surface area contributed by atoms with E-state index in [1.54, 1.807) is 48.5 Å². The first-order valence-electron chi connectivity index (χ1n) is 11.9. The molecule has 0 aliphatic heterocycles. The van der Waals surface area contributed by atoms with Crippen LogP contribution in [0.15, 0.2) is 73.4 Å². The van der Waals surface area contributed by atoms with E-state index in [2.05, 4.69) is 4.98 Å². The molecule has 0 saturated heterocycles. The molecule has 0 saturated carbocycles. The highest BCUT2D eigenvalue weighted by molar-refractivity contribution is 5.97. The smallest absolute Gasteiger partial charge is 0.420 e. The van der Waals surface area contributed by atoms with Crippen LogP contribution in [0, 0.1) is 5.92 Å². The normalized spacial score (nSPS) is 11.1. The molecule has 0 aliphatic rings. The molecule has 0 bridgehead atoms. The van der Waals surface area contributed by atoms with E-state index in [1.807, 2.05) is 19.9 Å². The topological polar surface area (TPSA) is 163 Å². The first-order valence-corrected chi connectivity index (χ1v) is 11.9. The molecule has 1 amide bonds. The fourth-order valence-corrected chi connectivity index (χ4v) is 4.00. The minimum Gasteiger partial charge on any atom is -0.454 e. The Hall–Kier alpha value is -4.87. The number of aromatic amines is 1. The summed E-state index contributed by atoms with van der Waals surface area (Å²) in [5.41, 5.74) is 5.96. The average Bonchev–Trinajstić information content (AvgIpc) is 3.19. The number of amides is 1. The lowest BCUT2D eigenvalue weighted by Crippen LogP contribution is -2.44. The van der Waals surface area contributed by atoms with Gasteiger partial charge in [-0.3, -0.25) is 28.5 Å². The SMILES string of the molecule is CC(C)CN(C(=O)COC(=O)Cn1c(=O)oc2ccccc21)c1c(N)n(Cc2ccccc2)c(=O)[nH]c1=O. The van der Waals surface area contributed by atoms with Crippen molar-refractivity contribution in [3.63, 3.8) is 0 Å². The number of benzene rings is 2. The Morgan fingerprint density at radius 1 is 1.03 bits per heavy atom. The van der Waals surface area contributed by atoms with E-state index < -0.39 is 42.0 Å². The van der Waals surface area contributed by atoms with Crippen molar-refractivity contribution < 1.29 is 18.7 Å². The summed E-state index contributed by atoms with van der Waals surface area (Å²) in [6.45, 7) is 2.60. The number of para-hydroxylation sites is 2. The van der Waals surface area contributed by atoms with E-state index in [4.69, 9.17) is 14.9 Å². The van der Waals surface area contributed by atoms with E-state index in [1.165, 1.54) is 0 Å². The van der Waals surface area contributed by atoms with Crippen LogP contribution in [-0.4, -0.2) is 39.1 Å². The minimum atomic E-state index is -0.854. The molecule has 4 rings (SSSR count). The van der Waals surface area contributed by atoms with Gasteiger partial charge in [0.2, 0.25) is 0 Å². The number of hydrogen-bond acceptors (Lipinski definition) is 8. The van der Waals surface area contributed by atoms with E-state index >= 15 is 0 Å². The molecule has 0 atom stereocenters. The summed E-state index contributed by atoms with van der Waals surface area (Å²) in [5, 5.41) is 0. The van der Waals surface area contributed by atoms with Gasteiger partial charge >= 0.3 is 17.4 Å². The maximum atomic E-state index is 13.2. The third-order valence-corrected chi connectivity index (χ3v) is 5.73. The monoisotopic (exact) mass is 521 g/mol. The summed E-state index contributed by atoms with van der Waals surface area (Å²) in [7, 11) is 0. The standard InChI is InChI=1S/C26H27N5O7/c1-16(2)12-30(22-23(27)31(25(35)28-24(22)34)13-17-8-4-3-5-9-17)20(32)15-37-21(33)14-29-18-10-6-7-11-19(18)38-26(29)36/h3-11,16H,12-15,27H2,1-2H3,(H,28,34,35). The number of esters is 1. The number of nitrogens with zero attached hydrogens (tertiary/aromatic N) is 3. The zero-order valence-corrected chi connectivity index (χ0v) is 20.9. The van der Waals surface area contributed by atoms with Crippen LogP contribution in [0.1, 0.15) is 19.4 Å². The lowest BCUT2D eigenvalue weighted by molar-refractivity contribution is -0.148. The van der Waals surface area contributed by atoms with Crippen molar-refractivity contribution in [1.29, 1.82) is 0 Å². The molecule has 12 nitrogen and oxygen atoms in total. The van der Waals surface area contributed by atoms with Crippen LogP contribution < -0.4 is 27.6 Å². The molecule has 0 unspecified atom stereocenters. The molecule has 3 N–H and O–H groups in total. The molecule has 12 heteroatoms. The molecule has 0 radical (unpaired) electrons. The van der Waals surface area contributed by atoms with Crippen LogP contribution in [0.2, 0.25) is 0 Å². The van der Waals surface area contributed by atoms with Crippen molar-refractivity contribution in [3.05, 3.63) is 91.5 Å². The van der Waals surface area contributed by atoms with Crippen molar-refractivity contribution >= 4 is 34.5 Å². The largest absolute Gasteiger partial charge is 0.454 e. The lowest BCUT2D eigenvalue weighted by Gasteiger charge is -2.26. The number of anilines is 2. The second-order valence-electron chi connectivity index (χ2n) is 9.05. The van der Waals surface area contributed by atoms with Gasteiger partial charge in [-0.2, -0.15) is 0 Å². The van der Waals surface area contributed by atoms with Crippen molar-refractivity contribution in [3.8, 4) is 0 Å². The van der Waals surface area contributed by atoms with E-state index in [0.717, 1.165) is 19.6 Å². The van der Waals surface area contributed by atoms with Crippen LogP contribution in [0.25, 0.3) is 11.1 Å². The zero-order valence-electron chi connectivity index (χ0n) is 20.9. The van der Waals surface area contributed by atoms with Crippen molar-refractivity contribution in [1.82, 2.24) is 14.1 Å². The summed E-state index contributed by atoms with van der Waals surface area (Å²) < 4.78 is 12.5. The van der Waals surface area contributed by atoms with Gasteiger partial charge < -0.3 is 19.8 Å². The third kappa shape index (κ3) is 5.59. The number of nitrogen functional groups attached to an aromatic ring is 1. The van der Waals surface area contributed by atoms with Crippen LogP contribution in [-0.2, 0) is 27.4 Å². The number of fused-ring (bicyclic) bond motifs is 1. The number of H-pyrrole nitrogens is 1. The van der Waals surface area contributed by atoms with E-state index in [-0.39, 0.29) is 30.5 Å². The van der Waals surface area contributed by atoms with Gasteiger partial charge in [0, 0.05) is 6.54 Å². The number of oxazole rings is 1. The molecule has 198 valence electrons. The maximum Gasteiger partial charge on any atom is 0.420 e. The molecule has 0 fully saturated rings. The second kappa shape index (κ2) is 11.0. The van der Waals surface area contributed by atoms with Crippen molar-refractivity contribution in [2.75, 3.05) is 23.8 Å². The summed E-state index contributed by atoms with van der Waals surface area (Å²) in [6, 6.07) is 15.6. The van der Waals surface area contributed by atoms with Gasteiger partial charge in [0.1, 0.15) is 12.4 Å². The van der Waals surface area contributed by atoms with Crippen LogP contribution in [0.5, 0.6) is 0 Å². The predicted molar refractivity (Wildman–Crippen MR) is 140 cm³/mol. The Kier molecular flexibility index (Phi) is 7.61. The van der Waals surface area contributed by atoms with Crippen molar-refractivity contribution in [2.24, 2.45) is 5.92 Å². The predicted octanol–water partition coefficient (Wildman–Crippen LogP) is 1.31. The van der Waals surface area contributed by atoms with Gasteiger partial charge in [-0.1, -0.05) is 56.3 Å². The Morgan fingerprint density at radius 2 is 1.71 bits per heavy atom. The lowest BCUT2D eigenvalue weighted by atomic mass is 10.2. The molecule has 4 aromatic rings. The highest BCUT2D eigenvalue weighted by Crippen LogP contribution is 2.20. The first kappa shape index (κ1) is 26.2. The highest BCUT2D eigenvalue weighted by Gasteiger charge is 2.26. The Labute approximate surface area is 215 Å². The van der Waals surface area contributed by atoms with Crippen LogP contribution >= 0.6 is 0 Å². The Balaban J connectivity index is 1.57. The van der Waals surface area contributed by atoms with E-state index in [0.29, 0.717) is 11.1 Å². The average molecular weight is 522 g/mol. The number of carbonyl (C=O) groups is 2. The molecule has 2 aromatic heterocycles. The molecule has 2 heterocycles. The quantitative estimate of drug-likeness (QED) is 0.311. The molecular weight excluding hydrogens is 494 g/mol. The Morgan fingerprint density at radius 3 is 2.42 bits per heavy atom. The highest BCUT2D eigenvalue weighted by atomic mass is 16.5. The van der Waals surface area contributed by atoms with Gasteiger partial charge in [0.25, 0.3) is 11.5 Å². The zero-order chi connectivity index (χ0) is 27.4. The fourth-order valence-electron chi connectivity index (χ4n) is 4.00. The maximum absolute atomic E-state index is 13.2. The number of rotatable bonds is 9. The van der Waals surface area contributed by atoms with E-state index in [9.17, 15) is 24.0 Å². The van der Waals surface area contributed by atoms with Crippen LogP contribution in [0.4, 0.5) is 11.5 Å². The molecule has 2 aromatic carbocycles. The molecule has 0 spiro atoms. The first-order chi connectivity index (χ1) is 18.2. The molecule has 0 aliphatic carbocycles. The number of nitrogens with one attached hydrogen (secondary N) is 1. The molecule has 38 heavy (non-hydrogen) atoms. The number of carbonyl (C=O) groups excluding carboxylic acids is 2. The number of nitrogens with two attached hydrogens (primary N) is 1. The van der Waals surface area contributed by atoms with Gasteiger partial charge in [0.05, 0.1) is 12.1 Å². The summed E-state index contributed by atoms with van der Waals surface area (Å²) in [6.07, 6.45) is 0. The third-order valence-electron chi connectivity index (χ3n) is 5.73. The summed E-state index contributed by atoms with van der Waals surface area (Å²) in [4.78, 5) is 66.5. The van der Waals surface area contributed by atoms with Gasteiger partial charge in [-0.05, 0) is 23.6 Å². The molecular formula is C26H27N5O7. The Bertz CT molecular complexity index is 1650. The fraction of sp³-hybridized carbons (Fsp3) is 0.269. The van der Waals surface area contributed by atoms with Gasteiger partial charge in [-0.15, -0.1) is 0 Å². The minimum absolute atomic E-state index is 0.0685. The number of aromatic nitrogens is 3. The number of ether oxygens (including phenoxy) is 1. The van der Waals surface area contributed by atoms with Crippen molar-refractivity contribution in [2.45, 2.75) is 26.9 Å². The van der Waals surface area contributed by atoms with Gasteiger partial charge in [0.15, 0.2) is 17.9 Å². The number of hydrogen-bond donors (Lipinski definition) is 2. The summed E-state index contributed by atoms with van der Waals surface area (Å²) >= 11 is 0. The summed E-state index contributed by atoms with van der Waals surface area (Å²) in [5.74, 6) is -2.61.